The molecule has 0 radical (unpaired) electrons. The Balaban J connectivity index is 0.00000161. The lowest BCUT2D eigenvalue weighted by Gasteiger charge is -2.33. The first kappa shape index (κ1) is 16.6. The van der Waals surface area contributed by atoms with Crippen molar-refractivity contribution in [2.24, 2.45) is 4.99 Å². The molecule has 0 saturated heterocycles. The highest BCUT2D eigenvalue weighted by Crippen LogP contribution is 2.39. The standard InChI is InChI=1S/C17H23ClN2.ClH/c18-15-9-7-14(8-10-15)17(11-3-4-12-17)20-16-6-2-1-5-13-19-16;/h7-10H,1-6,11-13H2,(H,19,20);1H. The van der Waals surface area contributed by atoms with E-state index in [1.807, 2.05) is 12.1 Å². The van der Waals surface area contributed by atoms with Gasteiger partial charge in [-0.25, -0.2) is 0 Å². The molecule has 1 N–H and O–H groups in total. The number of rotatable bonds is 2. The van der Waals surface area contributed by atoms with Gasteiger partial charge in [0.05, 0.1) is 11.4 Å². The van der Waals surface area contributed by atoms with Crippen LogP contribution in [-0.2, 0) is 5.54 Å². The first-order valence-electron chi connectivity index (χ1n) is 7.86. The molecule has 1 fully saturated rings. The number of benzene rings is 1. The summed E-state index contributed by atoms with van der Waals surface area (Å²) < 4.78 is 0. The van der Waals surface area contributed by atoms with Gasteiger partial charge < -0.3 is 5.32 Å². The van der Waals surface area contributed by atoms with Crippen molar-refractivity contribution in [3.8, 4) is 0 Å². The second-order valence-electron chi connectivity index (χ2n) is 6.06. The van der Waals surface area contributed by atoms with Gasteiger partial charge in [-0.3, -0.25) is 4.99 Å². The summed E-state index contributed by atoms with van der Waals surface area (Å²) >= 11 is 6.03. The van der Waals surface area contributed by atoms with Crippen molar-refractivity contribution in [3.63, 3.8) is 0 Å². The predicted molar refractivity (Wildman–Crippen MR) is 92.8 cm³/mol. The average molecular weight is 327 g/mol. The van der Waals surface area contributed by atoms with E-state index in [1.54, 1.807) is 0 Å². The van der Waals surface area contributed by atoms with E-state index in [4.69, 9.17) is 16.6 Å². The molecule has 0 atom stereocenters. The summed E-state index contributed by atoms with van der Waals surface area (Å²) in [5, 5.41) is 4.63. The van der Waals surface area contributed by atoms with Crippen molar-refractivity contribution >= 4 is 29.8 Å². The third-order valence-electron chi connectivity index (χ3n) is 4.61. The Morgan fingerprint density at radius 2 is 1.67 bits per heavy atom. The fraction of sp³-hybridized carbons (Fsp3) is 0.588. The Hall–Kier alpha value is -0.730. The lowest BCUT2D eigenvalue weighted by atomic mass is 9.88. The van der Waals surface area contributed by atoms with Crippen molar-refractivity contribution in [1.29, 1.82) is 0 Å². The van der Waals surface area contributed by atoms with Crippen LogP contribution >= 0.6 is 24.0 Å². The number of nitrogens with one attached hydrogen (secondary N) is 1. The molecule has 1 heterocycles. The second-order valence-corrected chi connectivity index (χ2v) is 6.50. The van der Waals surface area contributed by atoms with Gasteiger partial charge in [-0.05, 0) is 43.4 Å². The Morgan fingerprint density at radius 3 is 2.38 bits per heavy atom. The molecule has 0 unspecified atom stereocenters. The zero-order chi connectivity index (χ0) is 13.8. The molecule has 116 valence electrons. The summed E-state index contributed by atoms with van der Waals surface area (Å²) in [6.07, 6.45) is 9.91. The molecular formula is C17H24Cl2N2. The van der Waals surface area contributed by atoms with Crippen LogP contribution in [0.1, 0.15) is 56.9 Å². The number of aliphatic imine (C=N–C) groups is 1. The van der Waals surface area contributed by atoms with E-state index in [9.17, 15) is 0 Å². The van der Waals surface area contributed by atoms with Gasteiger partial charge in [0.25, 0.3) is 0 Å². The zero-order valence-electron chi connectivity index (χ0n) is 12.4. The molecule has 0 amide bonds. The minimum Gasteiger partial charge on any atom is -0.364 e. The molecule has 1 aliphatic carbocycles. The van der Waals surface area contributed by atoms with Crippen LogP contribution in [0.3, 0.4) is 0 Å². The van der Waals surface area contributed by atoms with Crippen LogP contribution in [0.15, 0.2) is 29.3 Å². The number of amidine groups is 1. The maximum Gasteiger partial charge on any atom is 0.0969 e. The van der Waals surface area contributed by atoms with E-state index in [0.717, 1.165) is 18.0 Å². The average Bonchev–Trinajstić information content (AvgIpc) is 2.78. The summed E-state index contributed by atoms with van der Waals surface area (Å²) in [7, 11) is 0. The fourth-order valence-electron chi connectivity index (χ4n) is 3.49. The second kappa shape index (κ2) is 7.51. The van der Waals surface area contributed by atoms with Crippen molar-refractivity contribution in [2.75, 3.05) is 6.54 Å². The largest absolute Gasteiger partial charge is 0.364 e. The molecule has 0 spiro atoms. The van der Waals surface area contributed by atoms with E-state index in [2.05, 4.69) is 17.4 Å². The molecule has 4 heteroatoms. The molecular weight excluding hydrogens is 303 g/mol. The van der Waals surface area contributed by atoms with Crippen LogP contribution in [0.25, 0.3) is 0 Å². The summed E-state index contributed by atoms with van der Waals surface area (Å²) in [6, 6.07) is 8.37. The molecule has 1 aliphatic heterocycles. The summed E-state index contributed by atoms with van der Waals surface area (Å²) in [4.78, 5) is 4.75. The van der Waals surface area contributed by atoms with Gasteiger partial charge in [0.15, 0.2) is 0 Å². The summed E-state index contributed by atoms with van der Waals surface area (Å²) in [6.45, 7) is 0.985. The van der Waals surface area contributed by atoms with Crippen molar-refractivity contribution in [1.82, 2.24) is 5.32 Å². The van der Waals surface area contributed by atoms with Gasteiger partial charge >= 0.3 is 0 Å². The molecule has 1 aromatic rings. The molecule has 0 bridgehead atoms. The van der Waals surface area contributed by atoms with Crippen molar-refractivity contribution in [2.45, 2.75) is 56.9 Å². The molecule has 2 nitrogen and oxygen atoms in total. The van der Waals surface area contributed by atoms with Gasteiger partial charge in [0, 0.05) is 18.0 Å². The minimum absolute atomic E-state index is 0. The lowest BCUT2D eigenvalue weighted by molar-refractivity contribution is 0.402. The van der Waals surface area contributed by atoms with Crippen molar-refractivity contribution < 1.29 is 0 Å². The van der Waals surface area contributed by atoms with Crippen molar-refractivity contribution in [3.05, 3.63) is 34.9 Å². The molecule has 3 rings (SSSR count). The number of hydrogen-bond donors (Lipinski definition) is 1. The van der Waals surface area contributed by atoms with Crippen LogP contribution in [0.5, 0.6) is 0 Å². The smallest absolute Gasteiger partial charge is 0.0969 e. The molecule has 2 aliphatic rings. The topological polar surface area (TPSA) is 24.4 Å². The monoisotopic (exact) mass is 326 g/mol. The Bertz CT molecular complexity index is 476. The van der Waals surface area contributed by atoms with Crippen LogP contribution in [0.2, 0.25) is 5.02 Å². The molecule has 0 aromatic heterocycles. The van der Waals surface area contributed by atoms with Crippen LogP contribution in [-0.4, -0.2) is 12.4 Å². The van der Waals surface area contributed by atoms with E-state index in [0.29, 0.717) is 0 Å². The van der Waals surface area contributed by atoms with Crippen LogP contribution in [0.4, 0.5) is 0 Å². The molecule has 21 heavy (non-hydrogen) atoms. The highest BCUT2D eigenvalue weighted by atomic mass is 35.5. The lowest BCUT2D eigenvalue weighted by Crippen LogP contribution is -2.43. The van der Waals surface area contributed by atoms with Gasteiger partial charge in [0.2, 0.25) is 0 Å². The Kier molecular flexibility index (Phi) is 5.95. The Morgan fingerprint density at radius 1 is 0.952 bits per heavy atom. The maximum atomic E-state index is 6.03. The quantitative estimate of drug-likeness (QED) is 0.803. The number of halogens is 2. The van der Waals surface area contributed by atoms with Gasteiger partial charge in [0.1, 0.15) is 0 Å². The predicted octanol–water partition coefficient (Wildman–Crippen LogP) is 5.09. The van der Waals surface area contributed by atoms with E-state index in [-0.39, 0.29) is 17.9 Å². The van der Waals surface area contributed by atoms with Gasteiger partial charge in [-0.1, -0.05) is 43.0 Å². The number of nitrogens with zero attached hydrogens (tertiary/aromatic N) is 1. The number of hydrogen-bond acceptors (Lipinski definition) is 2. The SMILES string of the molecule is Cl.Clc1ccc(C2(NC3=NCCCCC3)CCCC2)cc1. The highest BCUT2D eigenvalue weighted by molar-refractivity contribution is 6.30. The highest BCUT2D eigenvalue weighted by Gasteiger charge is 2.36. The zero-order valence-corrected chi connectivity index (χ0v) is 14.0. The summed E-state index contributed by atoms with van der Waals surface area (Å²) in [5.41, 5.74) is 1.46. The van der Waals surface area contributed by atoms with Gasteiger partial charge in [-0.2, -0.15) is 0 Å². The molecule has 1 aromatic carbocycles. The van der Waals surface area contributed by atoms with Crippen LogP contribution in [0, 0.1) is 0 Å². The van der Waals surface area contributed by atoms with Crippen LogP contribution < -0.4 is 5.32 Å². The maximum absolute atomic E-state index is 6.03. The third kappa shape index (κ3) is 3.92. The summed E-state index contributed by atoms with van der Waals surface area (Å²) in [5.74, 6) is 1.22. The first-order valence-corrected chi connectivity index (χ1v) is 8.24. The Labute approximate surface area is 138 Å². The minimum atomic E-state index is 0. The first-order chi connectivity index (χ1) is 9.78. The molecule has 1 saturated carbocycles. The van der Waals surface area contributed by atoms with E-state index < -0.39 is 0 Å². The van der Waals surface area contributed by atoms with E-state index in [1.165, 1.54) is 56.3 Å². The van der Waals surface area contributed by atoms with E-state index >= 15 is 0 Å². The fourth-order valence-corrected chi connectivity index (χ4v) is 3.61. The van der Waals surface area contributed by atoms with Gasteiger partial charge in [-0.15, -0.1) is 12.4 Å². The normalized spacial score (nSPS) is 21.1. The third-order valence-corrected chi connectivity index (χ3v) is 4.86.